The van der Waals surface area contributed by atoms with E-state index in [4.69, 9.17) is 0 Å². The number of aryl methyl sites for hydroxylation is 1. The lowest BCUT2D eigenvalue weighted by Crippen LogP contribution is -2.36. The molecular formula is C17H18FN3O3. The molecule has 1 aliphatic rings. The summed E-state index contributed by atoms with van der Waals surface area (Å²) in [5, 5.41) is 16.0. The van der Waals surface area contributed by atoms with Gasteiger partial charge < -0.3 is 10.4 Å². The molecule has 2 N–H and O–H groups in total. The summed E-state index contributed by atoms with van der Waals surface area (Å²) in [6.45, 7) is 1.90. The van der Waals surface area contributed by atoms with Crippen LogP contribution in [0.15, 0.2) is 35.1 Å². The Bertz CT molecular complexity index is 843. The van der Waals surface area contributed by atoms with Gasteiger partial charge in [-0.2, -0.15) is 5.10 Å². The van der Waals surface area contributed by atoms with Crippen molar-refractivity contribution >= 4 is 5.91 Å². The van der Waals surface area contributed by atoms with Crippen LogP contribution in [0.2, 0.25) is 0 Å². The molecule has 3 rings (SSSR count). The van der Waals surface area contributed by atoms with Gasteiger partial charge in [0.2, 0.25) is 5.43 Å². The Labute approximate surface area is 137 Å². The van der Waals surface area contributed by atoms with Gasteiger partial charge in [-0.3, -0.25) is 9.59 Å². The standard InChI is InChI=1S/C17H18FN3O3/c1-11-8-14(23)15(16(24)19-9-17(10-22)6-7-17)20-21(11)13-5-3-2-4-12(13)18/h2-5,8,22H,6-7,9-10H2,1H3,(H,19,24). The zero-order chi connectivity index (χ0) is 17.3. The maximum atomic E-state index is 14.0. The number of aromatic nitrogens is 2. The SMILES string of the molecule is Cc1cc(=O)c(C(=O)NCC2(CO)CC2)nn1-c1ccccc1F. The van der Waals surface area contributed by atoms with Crippen LogP contribution in [0.5, 0.6) is 0 Å². The van der Waals surface area contributed by atoms with Gasteiger partial charge in [0.25, 0.3) is 5.91 Å². The second-order valence-electron chi connectivity index (χ2n) is 6.20. The molecule has 0 atom stereocenters. The van der Waals surface area contributed by atoms with Gasteiger partial charge in [0.05, 0.1) is 6.61 Å². The summed E-state index contributed by atoms with van der Waals surface area (Å²) in [7, 11) is 0. The number of para-hydroxylation sites is 1. The van der Waals surface area contributed by atoms with Crippen LogP contribution in [0.4, 0.5) is 4.39 Å². The molecule has 1 aliphatic carbocycles. The molecule has 6 nitrogen and oxygen atoms in total. The second-order valence-corrected chi connectivity index (χ2v) is 6.20. The lowest BCUT2D eigenvalue weighted by atomic mass is 10.1. The number of hydrogen-bond acceptors (Lipinski definition) is 4. The average molecular weight is 331 g/mol. The third-order valence-corrected chi connectivity index (χ3v) is 4.32. The van der Waals surface area contributed by atoms with Crippen molar-refractivity contribution in [2.45, 2.75) is 19.8 Å². The Morgan fingerprint density at radius 3 is 2.75 bits per heavy atom. The summed E-state index contributed by atoms with van der Waals surface area (Å²) in [6, 6.07) is 7.26. The van der Waals surface area contributed by atoms with Gasteiger partial charge in [0, 0.05) is 23.7 Å². The summed E-state index contributed by atoms with van der Waals surface area (Å²) < 4.78 is 15.2. The fraction of sp³-hybridized carbons (Fsp3) is 0.353. The minimum atomic E-state index is -0.621. The topological polar surface area (TPSA) is 84.2 Å². The third-order valence-electron chi connectivity index (χ3n) is 4.32. The van der Waals surface area contributed by atoms with E-state index in [2.05, 4.69) is 10.4 Å². The number of benzene rings is 1. The minimum Gasteiger partial charge on any atom is -0.396 e. The van der Waals surface area contributed by atoms with Crippen LogP contribution in [0, 0.1) is 18.2 Å². The summed E-state index contributed by atoms with van der Waals surface area (Å²) in [5.41, 5.74) is -0.497. The number of nitrogens with one attached hydrogen (secondary N) is 1. The highest BCUT2D eigenvalue weighted by Crippen LogP contribution is 2.44. The molecule has 24 heavy (non-hydrogen) atoms. The van der Waals surface area contributed by atoms with E-state index in [1.807, 2.05) is 0 Å². The minimum absolute atomic E-state index is 0.00589. The molecule has 1 heterocycles. The van der Waals surface area contributed by atoms with Gasteiger partial charge in [-0.1, -0.05) is 12.1 Å². The Balaban J connectivity index is 1.91. The summed E-state index contributed by atoms with van der Waals surface area (Å²) in [4.78, 5) is 24.4. The van der Waals surface area contributed by atoms with E-state index in [0.29, 0.717) is 5.69 Å². The van der Waals surface area contributed by atoms with Crippen LogP contribution in [0.1, 0.15) is 29.0 Å². The predicted molar refractivity (Wildman–Crippen MR) is 85.6 cm³/mol. The number of aliphatic hydroxyl groups is 1. The monoisotopic (exact) mass is 331 g/mol. The van der Waals surface area contributed by atoms with Gasteiger partial charge in [-0.25, -0.2) is 9.07 Å². The van der Waals surface area contributed by atoms with Crippen molar-refractivity contribution in [1.82, 2.24) is 15.1 Å². The summed E-state index contributed by atoms with van der Waals surface area (Å²) >= 11 is 0. The smallest absolute Gasteiger partial charge is 0.275 e. The molecule has 2 aromatic rings. The molecule has 0 aliphatic heterocycles. The number of nitrogens with zero attached hydrogens (tertiary/aromatic N) is 2. The first-order chi connectivity index (χ1) is 11.5. The van der Waals surface area contributed by atoms with Gasteiger partial charge in [0.1, 0.15) is 11.5 Å². The Hall–Kier alpha value is -2.54. The Morgan fingerprint density at radius 2 is 2.12 bits per heavy atom. The molecule has 1 amide bonds. The molecular weight excluding hydrogens is 313 g/mol. The van der Waals surface area contributed by atoms with Crippen molar-refractivity contribution in [2.24, 2.45) is 5.41 Å². The van der Waals surface area contributed by atoms with Crippen LogP contribution >= 0.6 is 0 Å². The average Bonchev–Trinajstić information content (AvgIpc) is 3.34. The second kappa shape index (κ2) is 6.16. The Kier molecular flexibility index (Phi) is 4.19. The highest BCUT2D eigenvalue weighted by atomic mass is 19.1. The fourth-order valence-corrected chi connectivity index (χ4v) is 2.49. The van der Waals surface area contributed by atoms with E-state index in [9.17, 15) is 19.1 Å². The van der Waals surface area contributed by atoms with Crippen molar-refractivity contribution in [1.29, 1.82) is 0 Å². The third kappa shape index (κ3) is 3.07. The van der Waals surface area contributed by atoms with Crippen molar-refractivity contribution in [3.63, 3.8) is 0 Å². The first-order valence-electron chi connectivity index (χ1n) is 7.71. The molecule has 1 saturated carbocycles. The molecule has 0 spiro atoms. The number of carbonyl (C=O) groups excluding carboxylic acids is 1. The van der Waals surface area contributed by atoms with Crippen molar-refractivity contribution in [3.8, 4) is 5.69 Å². The van der Waals surface area contributed by atoms with Crippen molar-refractivity contribution in [2.75, 3.05) is 13.2 Å². The summed E-state index contributed by atoms with van der Waals surface area (Å²) in [6.07, 6.45) is 1.68. The van der Waals surface area contributed by atoms with Crippen LogP contribution in [0.3, 0.4) is 0 Å². The lowest BCUT2D eigenvalue weighted by Gasteiger charge is -2.14. The highest BCUT2D eigenvalue weighted by molar-refractivity contribution is 5.92. The van der Waals surface area contributed by atoms with Crippen LogP contribution in [0.25, 0.3) is 5.69 Å². The van der Waals surface area contributed by atoms with Gasteiger partial charge in [-0.05, 0) is 31.9 Å². The molecule has 126 valence electrons. The number of rotatable bonds is 5. The first-order valence-corrected chi connectivity index (χ1v) is 7.71. The molecule has 0 unspecified atom stereocenters. The van der Waals surface area contributed by atoms with E-state index in [1.54, 1.807) is 19.1 Å². The predicted octanol–water partition coefficient (Wildman–Crippen LogP) is 1.18. The van der Waals surface area contributed by atoms with E-state index >= 15 is 0 Å². The number of carbonyl (C=O) groups is 1. The number of amides is 1. The maximum absolute atomic E-state index is 14.0. The largest absolute Gasteiger partial charge is 0.396 e. The molecule has 7 heteroatoms. The number of hydrogen-bond donors (Lipinski definition) is 2. The molecule has 0 saturated heterocycles. The quantitative estimate of drug-likeness (QED) is 0.862. The first kappa shape index (κ1) is 16.3. The fourth-order valence-electron chi connectivity index (χ4n) is 2.49. The highest BCUT2D eigenvalue weighted by Gasteiger charge is 2.42. The normalized spacial score (nSPS) is 15.1. The molecule has 1 fully saturated rings. The van der Waals surface area contributed by atoms with Gasteiger partial charge in [-0.15, -0.1) is 0 Å². The molecule has 1 aromatic carbocycles. The number of aliphatic hydroxyl groups excluding tert-OH is 1. The molecule has 1 aromatic heterocycles. The molecule has 0 bridgehead atoms. The van der Waals surface area contributed by atoms with Gasteiger partial charge in [0.15, 0.2) is 5.69 Å². The number of halogens is 1. The van der Waals surface area contributed by atoms with E-state index in [0.717, 1.165) is 12.8 Å². The van der Waals surface area contributed by atoms with Crippen LogP contribution in [-0.2, 0) is 0 Å². The van der Waals surface area contributed by atoms with Gasteiger partial charge >= 0.3 is 0 Å². The van der Waals surface area contributed by atoms with Crippen LogP contribution < -0.4 is 10.7 Å². The molecule has 0 radical (unpaired) electrons. The lowest BCUT2D eigenvalue weighted by molar-refractivity contribution is 0.0927. The van der Waals surface area contributed by atoms with E-state index in [1.165, 1.54) is 22.9 Å². The zero-order valence-corrected chi connectivity index (χ0v) is 13.3. The Morgan fingerprint density at radius 1 is 1.42 bits per heavy atom. The van der Waals surface area contributed by atoms with Crippen molar-refractivity contribution in [3.05, 3.63) is 57.8 Å². The summed E-state index contributed by atoms with van der Waals surface area (Å²) in [5.74, 6) is -1.12. The van der Waals surface area contributed by atoms with Crippen LogP contribution in [-0.4, -0.2) is 33.9 Å². The van der Waals surface area contributed by atoms with Crippen molar-refractivity contribution < 1.29 is 14.3 Å². The van der Waals surface area contributed by atoms with E-state index in [-0.39, 0.29) is 29.9 Å². The van der Waals surface area contributed by atoms with E-state index < -0.39 is 17.2 Å². The maximum Gasteiger partial charge on any atom is 0.275 e. The zero-order valence-electron chi connectivity index (χ0n) is 13.3.